The fourth-order valence-corrected chi connectivity index (χ4v) is 1.13. The van der Waals surface area contributed by atoms with E-state index in [1.807, 2.05) is 0 Å². The average Bonchev–Trinajstić information content (AvgIpc) is 2.26. The molecule has 1 N–H and O–H groups in total. The highest BCUT2D eigenvalue weighted by Crippen LogP contribution is 2.08. The molecule has 0 unspecified atom stereocenters. The molecule has 0 aliphatic rings. The van der Waals surface area contributed by atoms with E-state index in [-0.39, 0.29) is 5.56 Å². The van der Waals surface area contributed by atoms with Crippen LogP contribution in [0.15, 0.2) is 18.2 Å². The van der Waals surface area contributed by atoms with Gasteiger partial charge in [0.15, 0.2) is 0 Å². The Morgan fingerprint density at radius 3 is 2.93 bits per heavy atom. The minimum Gasteiger partial charge on any atom is -0.302 e. The lowest BCUT2D eigenvalue weighted by atomic mass is 10.1. The van der Waals surface area contributed by atoms with Gasteiger partial charge in [0.05, 0.1) is 12.1 Å². The molecule has 0 bridgehead atoms. The van der Waals surface area contributed by atoms with Crippen molar-refractivity contribution in [1.29, 1.82) is 5.26 Å². The van der Waals surface area contributed by atoms with Crippen LogP contribution in [-0.4, -0.2) is 6.54 Å². The number of hydrogen-bond donors (Lipinski definition) is 1. The molecule has 0 aliphatic heterocycles. The molecule has 0 atom stereocenters. The molecule has 0 aliphatic carbocycles. The number of nitrogens with one attached hydrogen (secondary N) is 1. The lowest BCUT2D eigenvalue weighted by Crippen LogP contribution is -2.13. The van der Waals surface area contributed by atoms with E-state index >= 15 is 0 Å². The number of nitrogens with zero attached hydrogens (tertiary/aromatic N) is 1. The van der Waals surface area contributed by atoms with Crippen molar-refractivity contribution in [2.75, 3.05) is 6.54 Å². The van der Waals surface area contributed by atoms with Crippen LogP contribution in [0.5, 0.6) is 0 Å². The highest BCUT2D eigenvalue weighted by molar-refractivity contribution is 5.34. The summed E-state index contributed by atoms with van der Waals surface area (Å²) >= 11 is 0. The maximum atomic E-state index is 12.9. The molecule has 76 valence electrons. The van der Waals surface area contributed by atoms with Crippen LogP contribution < -0.4 is 5.32 Å². The third-order valence-corrected chi connectivity index (χ3v) is 1.87. The van der Waals surface area contributed by atoms with Gasteiger partial charge in [-0.2, -0.15) is 5.26 Å². The smallest absolute Gasteiger partial charge is 0.140 e. The van der Waals surface area contributed by atoms with E-state index < -0.39 is 5.82 Å². The molecule has 0 radical (unpaired) electrons. The fraction of sp³-hybridized carbons (Fsp3) is 0.250. The van der Waals surface area contributed by atoms with Gasteiger partial charge in [0, 0.05) is 6.54 Å². The SMILES string of the molecule is CC#CCNCc1ccc(F)c(C#N)c1. The van der Waals surface area contributed by atoms with E-state index in [1.165, 1.54) is 6.07 Å². The summed E-state index contributed by atoms with van der Waals surface area (Å²) < 4.78 is 12.9. The summed E-state index contributed by atoms with van der Waals surface area (Å²) in [5.74, 6) is 5.14. The molecule has 0 aromatic heterocycles. The number of halogens is 1. The Morgan fingerprint density at radius 1 is 1.47 bits per heavy atom. The quantitative estimate of drug-likeness (QED) is 0.599. The topological polar surface area (TPSA) is 35.8 Å². The molecule has 0 fully saturated rings. The number of rotatable bonds is 3. The number of nitriles is 1. The minimum absolute atomic E-state index is 0.0795. The molecule has 0 spiro atoms. The normalized spacial score (nSPS) is 8.87. The van der Waals surface area contributed by atoms with E-state index in [9.17, 15) is 4.39 Å². The van der Waals surface area contributed by atoms with Crippen LogP contribution in [0.3, 0.4) is 0 Å². The third kappa shape index (κ3) is 3.42. The van der Waals surface area contributed by atoms with Crippen molar-refractivity contribution in [2.45, 2.75) is 13.5 Å². The van der Waals surface area contributed by atoms with Crippen molar-refractivity contribution in [3.63, 3.8) is 0 Å². The molecule has 3 heteroatoms. The van der Waals surface area contributed by atoms with Gasteiger partial charge in [-0.1, -0.05) is 12.0 Å². The Morgan fingerprint density at radius 2 is 2.27 bits per heavy atom. The van der Waals surface area contributed by atoms with Crippen molar-refractivity contribution in [2.24, 2.45) is 0 Å². The largest absolute Gasteiger partial charge is 0.302 e. The summed E-state index contributed by atoms with van der Waals surface area (Å²) in [6, 6.07) is 6.31. The van der Waals surface area contributed by atoms with Gasteiger partial charge in [0.25, 0.3) is 0 Å². The van der Waals surface area contributed by atoms with E-state index in [0.717, 1.165) is 5.56 Å². The maximum Gasteiger partial charge on any atom is 0.140 e. The van der Waals surface area contributed by atoms with Gasteiger partial charge in [0.1, 0.15) is 11.9 Å². The first-order valence-electron chi connectivity index (χ1n) is 4.56. The van der Waals surface area contributed by atoms with Crippen molar-refractivity contribution in [3.05, 3.63) is 35.1 Å². The first kappa shape index (κ1) is 11.2. The summed E-state index contributed by atoms with van der Waals surface area (Å²) in [4.78, 5) is 0. The highest BCUT2D eigenvalue weighted by Gasteiger charge is 2.01. The van der Waals surface area contributed by atoms with Crippen molar-refractivity contribution in [1.82, 2.24) is 5.32 Å². The summed E-state index contributed by atoms with van der Waals surface area (Å²) in [5, 5.41) is 11.7. The van der Waals surface area contributed by atoms with Crippen LogP contribution in [0.4, 0.5) is 4.39 Å². The van der Waals surface area contributed by atoms with Crippen LogP contribution in [-0.2, 0) is 6.54 Å². The van der Waals surface area contributed by atoms with E-state index in [0.29, 0.717) is 13.1 Å². The second-order valence-corrected chi connectivity index (χ2v) is 2.96. The zero-order valence-electron chi connectivity index (χ0n) is 8.47. The van der Waals surface area contributed by atoms with Crippen LogP contribution in [0, 0.1) is 29.0 Å². The standard InChI is InChI=1S/C12H11FN2/c1-2-3-6-15-9-10-4-5-12(13)11(7-10)8-14/h4-5,7,15H,6,9H2,1H3. The monoisotopic (exact) mass is 202 g/mol. The van der Waals surface area contributed by atoms with Gasteiger partial charge < -0.3 is 5.32 Å². The van der Waals surface area contributed by atoms with Gasteiger partial charge in [-0.3, -0.25) is 0 Å². The van der Waals surface area contributed by atoms with E-state index in [4.69, 9.17) is 5.26 Å². The van der Waals surface area contributed by atoms with Gasteiger partial charge in [-0.05, 0) is 24.6 Å². The molecular formula is C12H11FN2. The lowest BCUT2D eigenvalue weighted by Gasteiger charge is -2.02. The second kappa shape index (κ2) is 5.80. The fourth-order valence-electron chi connectivity index (χ4n) is 1.13. The van der Waals surface area contributed by atoms with E-state index in [2.05, 4.69) is 17.2 Å². The van der Waals surface area contributed by atoms with Crippen molar-refractivity contribution in [3.8, 4) is 17.9 Å². The molecule has 0 amide bonds. The highest BCUT2D eigenvalue weighted by atomic mass is 19.1. The first-order chi connectivity index (χ1) is 7.27. The molecule has 1 aromatic carbocycles. The molecule has 0 saturated carbocycles. The molecule has 0 heterocycles. The van der Waals surface area contributed by atoms with Crippen LogP contribution in [0.25, 0.3) is 0 Å². The average molecular weight is 202 g/mol. The predicted octanol–water partition coefficient (Wildman–Crippen LogP) is 1.81. The summed E-state index contributed by atoms with van der Waals surface area (Å²) in [6.45, 7) is 2.95. The Hall–Kier alpha value is -1.84. The Kier molecular flexibility index (Phi) is 4.34. The molecule has 1 rings (SSSR count). The third-order valence-electron chi connectivity index (χ3n) is 1.87. The zero-order chi connectivity index (χ0) is 11.1. The van der Waals surface area contributed by atoms with Gasteiger partial charge >= 0.3 is 0 Å². The van der Waals surface area contributed by atoms with Crippen LogP contribution >= 0.6 is 0 Å². The summed E-state index contributed by atoms with van der Waals surface area (Å²) in [6.07, 6.45) is 0. The van der Waals surface area contributed by atoms with Gasteiger partial charge in [-0.25, -0.2) is 4.39 Å². The van der Waals surface area contributed by atoms with Crippen LogP contribution in [0.2, 0.25) is 0 Å². The molecule has 2 nitrogen and oxygen atoms in total. The second-order valence-electron chi connectivity index (χ2n) is 2.96. The van der Waals surface area contributed by atoms with Gasteiger partial charge in [0.2, 0.25) is 0 Å². The maximum absolute atomic E-state index is 12.9. The zero-order valence-corrected chi connectivity index (χ0v) is 8.47. The van der Waals surface area contributed by atoms with Crippen molar-refractivity contribution >= 4 is 0 Å². The number of hydrogen-bond acceptors (Lipinski definition) is 2. The first-order valence-corrected chi connectivity index (χ1v) is 4.56. The molecule has 0 saturated heterocycles. The lowest BCUT2D eigenvalue weighted by molar-refractivity contribution is 0.622. The molecular weight excluding hydrogens is 191 g/mol. The van der Waals surface area contributed by atoms with Crippen LogP contribution in [0.1, 0.15) is 18.1 Å². The predicted molar refractivity (Wildman–Crippen MR) is 56.3 cm³/mol. The Labute approximate surface area is 88.7 Å². The molecule has 1 aromatic rings. The van der Waals surface area contributed by atoms with Gasteiger partial charge in [-0.15, -0.1) is 5.92 Å². The summed E-state index contributed by atoms with van der Waals surface area (Å²) in [5.41, 5.74) is 0.960. The summed E-state index contributed by atoms with van der Waals surface area (Å²) in [7, 11) is 0. The Bertz CT molecular complexity index is 435. The Balaban J connectivity index is 2.62. The minimum atomic E-state index is -0.477. The van der Waals surface area contributed by atoms with Crippen molar-refractivity contribution < 1.29 is 4.39 Å². The van der Waals surface area contributed by atoms with E-state index in [1.54, 1.807) is 25.1 Å². The molecule has 15 heavy (non-hydrogen) atoms. The number of benzene rings is 1.